The molecule has 4 rings (SSSR count). The molecule has 0 fully saturated rings. The summed E-state index contributed by atoms with van der Waals surface area (Å²) in [7, 11) is 0. The van der Waals surface area contributed by atoms with Crippen molar-refractivity contribution < 1.29 is 0 Å². The van der Waals surface area contributed by atoms with Gasteiger partial charge in [-0.3, -0.25) is 0 Å². The first kappa shape index (κ1) is 15.3. The van der Waals surface area contributed by atoms with Crippen LogP contribution in [0.2, 0.25) is 0 Å². The number of anilines is 1. The Bertz CT molecular complexity index is 1110. The number of fused-ring (bicyclic) bond motifs is 2. The Kier molecular flexibility index (Phi) is 3.69. The Hall–Kier alpha value is -3.20. The largest absolute Gasteiger partial charge is 0.397 e. The molecule has 122 valence electrons. The van der Waals surface area contributed by atoms with Crippen molar-refractivity contribution >= 4 is 38.6 Å². The van der Waals surface area contributed by atoms with Gasteiger partial charge in [0.1, 0.15) is 5.69 Å². The fraction of sp³-hybridized carbons (Fsp3) is 0.0909. The van der Waals surface area contributed by atoms with Gasteiger partial charge < -0.3 is 5.73 Å². The van der Waals surface area contributed by atoms with Crippen LogP contribution in [0.4, 0.5) is 17.1 Å². The highest BCUT2D eigenvalue weighted by Gasteiger charge is 2.13. The summed E-state index contributed by atoms with van der Waals surface area (Å²) in [5.74, 6) is 0. The summed E-state index contributed by atoms with van der Waals surface area (Å²) >= 11 is 0. The monoisotopic (exact) mass is 325 g/mol. The van der Waals surface area contributed by atoms with Gasteiger partial charge in [0.25, 0.3) is 0 Å². The van der Waals surface area contributed by atoms with Crippen molar-refractivity contribution in [2.45, 2.75) is 13.8 Å². The average molecular weight is 325 g/mol. The molecular weight excluding hydrogens is 306 g/mol. The summed E-state index contributed by atoms with van der Waals surface area (Å²) in [4.78, 5) is 0. The molecule has 3 heteroatoms. The molecule has 0 aliphatic heterocycles. The van der Waals surface area contributed by atoms with Gasteiger partial charge in [0.05, 0.1) is 11.4 Å². The molecule has 0 saturated carbocycles. The number of azo groups is 1. The van der Waals surface area contributed by atoms with E-state index in [-0.39, 0.29) is 0 Å². The van der Waals surface area contributed by atoms with E-state index in [1.807, 2.05) is 36.4 Å². The van der Waals surface area contributed by atoms with E-state index in [4.69, 9.17) is 5.73 Å². The maximum absolute atomic E-state index is 6.26. The Balaban J connectivity index is 2.04. The minimum absolute atomic E-state index is 0.643. The van der Waals surface area contributed by atoms with Crippen LogP contribution in [-0.2, 0) is 0 Å². The SMILES string of the molecule is Cc1c2ccccc2c(C)c2c(N=Nc3ccccc3)c(N)ccc12. The molecule has 25 heavy (non-hydrogen) atoms. The number of nitrogen functional groups attached to an aromatic ring is 1. The first-order valence-corrected chi connectivity index (χ1v) is 8.33. The zero-order valence-corrected chi connectivity index (χ0v) is 14.3. The smallest absolute Gasteiger partial charge is 0.117 e. The third-order valence-electron chi connectivity index (χ3n) is 4.74. The summed E-state index contributed by atoms with van der Waals surface area (Å²) in [6.45, 7) is 4.28. The minimum Gasteiger partial charge on any atom is -0.397 e. The van der Waals surface area contributed by atoms with Crippen LogP contribution in [0.5, 0.6) is 0 Å². The predicted molar refractivity (Wildman–Crippen MR) is 106 cm³/mol. The van der Waals surface area contributed by atoms with Gasteiger partial charge in [0.2, 0.25) is 0 Å². The Morgan fingerprint density at radius 1 is 0.640 bits per heavy atom. The Morgan fingerprint density at radius 2 is 1.28 bits per heavy atom. The third-order valence-corrected chi connectivity index (χ3v) is 4.74. The lowest BCUT2D eigenvalue weighted by molar-refractivity contribution is 1.24. The molecule has 0 aliphatic carbocycles. The zero-order valence-electron chi connectivity index (χ0n) is 14.3. The van der Waals surface area contributed by atoms with Gasteiger partial charge in [-0.1, -0.05) is 48.5 Å². The molecule has 2 N–H and O–H groups in total. The maximum atomic E-state index is 6.26. The van der Waals surface area contributed by atoms with E-state index in [0.29, 0.717) is 5.69 Å². The third kappa shape index (κ3) is 2.54. The minimum atomic E-state index is 0.643. The molecule has 0 amide bonds. The lowest BCUT2D eigenvalue weighted by Gasteiger charge is -2.14. The summed E-state index contributed by atoms with van der Waals surface area (Å²) in [5.41, 5.74) is 10.9. The van der Waals surface area contributed by atoms with Gasteiger partial charge >= 0.3 is 0 Å². The van der Waals surface area contributed by atoms with E-state index in [2.05, 4.69) is 54.4 Å². The summed E-state index contributed by atoms with van der Waals surface area (Å²) in [5, 5.41) is 13.6. The van der Waals surface area contributed by atoms with E-state index in [1.54, 1.807) is 0 Å². The van der Waals surface area contributed by atoms with E-state index >= 15 is 0 Å². The van der Waals surface area contributed by atoms with Crippen molar-refractivity contribution in [3.63, 3.8) is 0 Å². The number of benzene rings is 4. The number of nitrogens with two attached hydrogens (primary N) is 1. The highest BCUT2D eigenvalue weighted by Crippen LogP contribution is 2.40. The number of rotatable bonds is 2. The fourth-order valence-corrected chi connectivity index (χ4v) is 3.43. The van der Waals surface area contributed by atoms with E-state index in [9.17, 15) is 0 Å². The first-order valence-electron chi connectivity index (χ1n) is 8.33. The molecule has 0 heterocycles. The standard InChI is InChI=1S/C22H19N3/c1-14-17-10-6-7-11-18(17)15(2)21-19(14)12-13-20(23)22(21)25-24-16-8-4-3-5-9-16/h3-13H,23H2,1-2H3. The van der Waals surface area contributed by atoms with Crippen molar-refractivity contribution in [3.05, 3.63) is 77.9 Å². The van der Waals surface area contributed by atoms with Crippen molar-refractivity contribution in [2.24, 2.45) is 10.2 Å². The average Bonchev–Trinajstić information content (AvgIpc) is 2.66. The second kappa shape index (κ2) is 6.02. The molecule has 0 radical (unpaired) electrons. The van der Waals surface area contributed by atoms with Gasteiger partial charge in [-0.15, -0.1) is 5.11 Å². The molecule has 4 aromatic rings. The van der Waals surface area contributed by atoms with E-state index < -0.39 is 0 Å². The molecule has 0 saturated heterocycles. The van der Waals surface area contributed by atoms with E-state index in [0.717, 1.165) is 16.8 Å². The van der Waals surface area contributed by atoms with Crippen LogP contribution in [0.3, 0.4) is 0 Å². The lowest BCUT2D eigenvalue weighted by Crippen LogP contribution is -1.92. The second-order valence-electron chi connectivity index (χ2n) is 6.26. The lowest BCUT2D eigenvalue weighted by atomic mass is 9.92. The molecule has 0 aromatic heterocycles. The summed E-state index contributed by atoms with van der Waals surface area (Å²) in [6.07, 6.45) is 0. The van der Waals surface area contributed by atoms with E-state index in [1.165, 1.54) is 27.3 Å². The topological polar surface area (TPSA) is 50.7 Å². The van der Waals surface area contributed by atoms with Gasteiger partial charge in [-0.05, 0) is 59.3 Å². The van der Waals surface area contributed by atoms with Gasteiger partial charge in [0.15, 0.2) is 0 Å². The highest BCUT2D eigenvalue weighted by atomic mass is 15.1. The fourth-order valence-electron chi connectivity index (χ4n) is 3.43. The van der Waals surface area contributed by atoms with Crippen LogP contribution < -0.4 is 5.73 Å². The van der Waals surface area contributed by atoms with Crippen LogP contribution in [0.25, 0.3) is 21.5 Å². The normalized spacial score (nSPS) is 11.6. The van der Waals surface area contributed by atoms with Crippen molar-refractivity contribution in [1.82, 2.24) is 0 Å². The van der Waals surface area contributed by atoms with Gasteiger partial charge in [0, 0.05) is 5.39 Å². The molecule has 0 spiro atoms. The molecule has 0 aliphatic rings. The molecule has 0 bridgehead atoms. The molecule has 4 aromatic carbocycles. The van der Waals surface area contributed by atoms with Crippen molar-refractivity contribution in [3.8, 4) is 0 Å². The maximum Gasteiger partial charge on any atom is 0.117 e. The molecule has 0 unspecified atom stereocenters. The molecule has 0 atom stereocenters. The van der Waals surface area contributed by atoms with Crippen molar-refractivity contribution in [1.29, 1.82) is 0 Å². The van der Waals surface area contributed by atoms with Crippen LogP contribution >= 0.6 is 0 Å². The number of nitrogens with zero attached hydrogens (tertiary/aromatic N) is 2. The second-order valence-corrected chi connectivity index (χ2v) is 6.26. The molecule has 3 nitrogen and oxygen atoms in total. The van der Waals surface area contributed by atoms with Crippen LogP contribution in [0.15, 0.2) is 77.0 Å². The number of hydrogen-bond acceptors (Lipinski definition) is 3. The van der Waals surface area contributed by atoms with Crippen LogP contribution in [0.1, 0.15) is 11.1 Å². The predicted octanol–water partition coefficient (Wildman–Crippen LogP) is 6.61. The summed E-state index contributed by atoms with van der Waals surface area (Å²) in [6, 6.07) is 22.2. The van der Waals surface area contributed by atoms with Gasteiger partial charge in [-0.2, -0.15) is 5.11 Å². The Labute approximate surface area is 146 Å². The quantitative estimate of drug-likeness (QED) is 0.252. The van der Waals surface area contributed by atoms with Crippen LogP contribution in [-0.4, -0.2) is 0 Å². The number of aryl methyl sites for hydroxylation is 2. The zero-order chi connectivity index (χ0) is 17.4. The number of hydrogen-bond donors (Lipinski definition) is 1. The Morgan fingerprint density at radius 3 is 2.00 bits per heavy atom. The van der Waals surface area contributed by atoms with Crippen LogP contribution in [0, 0.1) is 13.8 Å². The molecular formula is C22H19N3. The summed E-state index contributed by atoms with van der Waals surface area (Å²) < 4.78 is 0. The van der Waals surface area contributed by atoms with Crippen molar-refractivity contribution in [2.75, 3.05) is 5.73 Å². The first-order chi connectivity index (χ1) is 12.2. The highest BCUT2D eigenvalue weighted by molar-refractivity contribution is 6.11. The van der Waals surface area contributed by atoms with Gasteiger partial charge in [-0.25, -0.2) is 0 Å².